The predicted molar refractivity (Wildman–Crippen MR) is 263 cm³/mol. The third kappa shape index (κ3) is 8.92. The number of furan rings is 1. The zero-order chi connectivity index (χ0) is 48.6. The van der Waals surface area contributed by atoms with Crippen LogP contribution in [-0.4, -0.2) is 14.5 Å². The molecule has 5 aromatic carbocycles. The van der Waals surface area contributed by atoms with E-state index in [9.17, 15) is 9.65 Å². The molecule has 0 bridgehead atoms. The van der Waals surface area contributed by atoms with Crippen molar-refractivity contribution in [2.75, 3.05) is 0 Å². The third-order valence-electron chi connectivity index (χ3n) is 12.1. The van der Waals surface area contributed by atoms with Crippen molar-refractivity contribution >= 4 is 43.7 Å². The summed E-state index contributed by atoms with van der Waals surface area (Å²) in [6.07, 6.45) is 2.89. The number of hydrogen-bond acceptors (Lipinski definition) is 4. The van der Waals surface area contributed by atoms with Crippen molar-refractivity contribution in [3.8, 4) is 34.3 Å². The van der Waals surface area contributed by atoms with Gasteiger partial charge in [0, 0.05) is 46.6 Å². The first-order valence-corrected chi connectivity index (χ1v) is 21.8. The van der Waals surface area contributed by atoms with E-state index in [0.29, 0.717) is 28.0 Å². The Hall–Kier alpha value is -5.93. The molecule has 5 nitrogen and oxygen atoms in total. The molecular formula is C58H57FIrN4O-2. The van der Waals surface area contributed by atoms with Gasteiger partial charge in [0.25, 0.3) is 0 Å². The number of rotatable bonds is 3. The molecule has 0 unspecified atom stereocenters. The fraction of sp³-hybridized carbons (Fsp3) is 0.293. The van der Waals surface area contributed by atoms with Gasteiger partial charge in [-0.2, -0.15) is 5.26 Å². The monoisotopic (exact) mass is 1040 g/mol. The van der Waals surface area contributed by atoms with Crippen molar-refractivity contribution in [1.29, 1.82) is 5.26 Å². The van der Waals surface area contributed by atoms with Crippen molar-refractivity contribution in [1.82, 2.24) is 14.5 Å². The maximum atomic E-state index is 14.7. The smallest absolute Gasteiger partial charge is 0.146 e. The summed E-state index contributed by atoms with van der Waals surface area (Å²) in [6.45, 7) is 23.3. The quantitative estimate of drug-likeness (QED) is 0.165. The number of nitrogens with zero attached hydrogens (tertiary/aromatic N) is 4. The van der Waals surface area contributed by atoms with Crippen LogP contribution in [0.4, 0.5) is 4.39 Å². The van der Waals surface area contributed by atoms with E-state index in [1.807, 2.05) is 48.7 Å². The molecule has 333 valence electrons. The van der Waals surface area contributed by atoms with Crippen LogP contribution >= 0.6 is 0 Å². The predicted octanol–water partition coefficient (Wildman–Crippen LogP) is 15.6. The molecule has 0 saturated heterocycles. The van der Waals surface area contributed by atoms with Gasteiger partial charge in [-0.1, -0.05) is 143 Å². The van der Waals surface area contributed by atoms with Gasteiger partial charge in [0.2, 0.25) is 0 Å². The molecule has 0 aliphatic carbocycles. The average Bonchev–Trinajstić information content (AvgIpc) is 3.80. The standard InChI is InChI=1S/C43H41FN3O.C15H16N.Ir/c1-24-19-34(46-23-33(24)44)30-17-18-32(43(8,9)10)37-31-14-11-25(22-45)38(40(31)48-39(30)37)47-35-20-26(41(2,3)4)12-15-28(35)29-16-13-27(21-36(29)47)42(5,6)7;1-15(2,3)13-9-10-14(16-11-13)12-7-5-4-6-8-12;/h11-16,18-21,23H,1-10H3;4-7,9-11H,1-3H3;/q2*-1;/i1D3;;. The summed E-state index contributed by atoms with van der Waals surface area (Å²) in [5.74, 6) is -0.900. The summed E-state index contributed by atoms with van der Waals surface area (Å²) >= 11 is 0. The average molecular weight is 1040 g/mol. The number of fused-ring (bicyclic) bond motifs is 6. The Labute approximate surface area is 401 Å². The normalized spacial score (nSPS) is 13.2. The fourth-order valence-corrected chi connectivity index (χ4v) is 8.28. The zero-order valence-corrected chi connectivity index (χ0v) is 41.7. The van der Waals surface area contributed by atoms with E-state index in [0.717, 1.165) is 66.7 Å². The van der Waals surface area contributed by atoms with E-state index >= 15 is 0 Å². The van der Waals surface area contributed by atoms with E-state index in [-0.39, 0.29) is 47.5 Å². The van der Waals surface area contributed by atoms with Crippen LogP contribution in [0.2, 0.25) is 0 Å². The summed E-state index contributed by atoms with van der Waals surface area (Å²) in [5, 5.41) is 14.4. The Balaban J connectivity index is 0.000000340. The Kier molecular flexibility index (Phi) is 11.3. The van der Waals surface area contributed by atoms with Crippen LogP contribution in [0.1, 0.15) is 121 Å². The van der Waals surface area contributed by atoms with Gasteiger partial charge >= 0.3 is 0 Å². The summed E-state index contributed by atoms with van der Waals surface area (Å²) in [4.78, 5) is 8.80. The van der Waals surface area contributed by atoms with Crippen molar-refractivity contribution in [2.24, 2.45) is 0 Å². The number of halogens is 1. The number of hydrogen-bond donors (Lipinski definition) is 0. The zero-order valence-electron chi connectivity index (χ0n) is 42.3. The number of nitriles is 1. The van der Waals surface area contributed by atoms with Crippen LogP contribution in [0.25, 0.3) is 71.9 Å². The molecule has 0 spiro atoms. The minimum atomic E-state index is -2.68. The van der Waals surface area contributed by atoms with E-state index in [4.69, 9.17) is 8.53 Å². The van der Waals surface area contributed by atoms with Gasteiger partial charge in [0.1, 0.15) is 23.2 Å². The first kappa shape index (κ1) is 43.0. The molecule has 7 heteroatoms. The topological polar surface area (TPSA) is 67.6 Å². The second kappa shape index (κ2) is 17.1. The Morgan fingerprint density at radius 2 is 1.26 bits per heavy atom. The second-order valence-corrected chi connectivity index (χ2v) is 20.9. The van der Waals surface area contributed by atoms with Gasteiger partial charge in [0.05, 0.1) is 28.4 Å². The molecule has 0 N–H and O–H groups in total. The largest absolute Gasteiger partial charge is 0.498 e. The summed E-state index contributed by atoms with van der Waals surface area (Å²) < 4.78 is 47.6. The first-order valence-electron chi connectivity index (χ1n) is 23.3. The summed E-state index contributed by atoms with van der Waals surface area (Å²) in [5.41, 5.74) is 10.3. The maximum Gasteiger partial charge on any atom is 0.146 e. The Bertz CT molecular complexity index is 3320. The number of pyridine rings is 2. The van der Waals surface area contributed by atoms with E-state index < -0.39 is 18.2 Å². The van der Waals surface area contributed by atoms with E-state index in [2.05, 4.69) is 164 Å². The van der Waals surface area contributed by atoms with Crippen LogP contribution < -0.4 is 0 Å². The van der Waals surface area contributed by atoms with Gasteiger partial charge in [-0.25, -0.2) is 4.39 Å². The van der Waals surface area contributed by atoms with Crippen LogP contribution in [0.5, 0.6) is 0 Å². The van der Waals surface area contributed by atoms with Crippen molar-refractivity contribution in [3.05, 3.63) is 161 Å². The number of aryl methyl sites for hydroxylation is 1. The summed E-state index contributed by atoms with van der Waals surface area (Å²) in [6, 6.07) is 41.1. The molecule has 0 saturated carbocycles. The van der Waals surface area contributed by atoms with Gasteiger partial charge in [-0.15, -0.1) is 53.6 Å². The molecular weight excluding hydrogens is 980 g/mol. The first-order chi connectivity index (χ1) is 31.3. The molecule has 9 rings (SSSR count). The van der Waals surface area contributed by atoms with Crippen LogP contribution in [0, 0.1) is 36.1 Å². The van der Waals surface area contributed by atoms with Gasteiger partial charge in [-0.05, 0) is 80.4 Å². The molecule has 0 fully saturated rings. The molecule has 65 heavy (non-hydrogen) atoms. The molecule has 1 radical (unpaired) electrons. The van der Waals surface area contributed by atoms with E-state index in [1.165, 1.54) is 11.6 Å². The molecule has 4 aromatic heterocycles. The van der Waals surface area contributed by atoms with Crippen molar-refractivity contribution < 1.29 is 33.0 Å². The summed E-state index contributed by atoms with van der Waals surface area (Å²) in [7, 11) is 0. The van der Waals surface area contributed by atoms with Crippen molar-refractivity contribution in [3.63, 3.8) is 0 Å². The van der Waals surface area contributed by atoms with Crippen LogP contribution in [0.3, 0.4) is 0 Å². The number of aromatic nitrogens is 3. The van der Waals surface area contributed by atoms with Gasteiger partial charge in [0.15, 0.2) is 0 Å². The molecule has 9 aromatic rings. The number of benzene rings is 5. The second-order valence-electron chi connectivity index (χ2n) is 20.9. The molecule has 0 atom stereocenters. The molecule has 0 aliphatic heterocycles. The maximum absolute atomic E-state index is 14.7. The Morgan fingerprint density at radius 1 is 0.662 bits per heavy atom. The van der Waals surface area contributed by atoms with Gasteiger partial charge in [-0.3, -0.25) is 0 Å². The van der Waals surface area contributed by atoms with Crippen molar-refractivity contribution in [2.45, 2.75) is 112 Å². The molecule has 4 heterocycles. The third-order valence-corrected chi connectivity index (χ3v) is 12.1. The molecule has 0 aliphatic rings. The van der Waals surface area contributed by atoms with Crippen LogP contribution in [-0.2, 0) is 41.8 Å². The minimum Gasteiger partial charge on any atom is -0.498 e. The fourth-order valence-electron chi connectivity index (χ4n) is 8.28. The van der Waals surface area contributed by atoms with Gasteiger partial charge < -0.3 is 19.0 Å². The van der Waals surface area contributed by atoms with Crippen LogP contribution in [0.15, 0.2) is 114 Å². The minimum absolute atomic E-state index is 0. The van der Waals surface area contributed by atoms with E-state index in [1.54, 1.807) is 0 Å². The Morgan fingerprint density at radius 3 is 1.78 bits per heavy atom. The SMILES string of the molecule is CC(C)(C)c1ccc(-c2[c-]cccc2)nc1.[2H]C([2H])([2H])c1cc(-c2[c-]cc(C(C)(C)C)c3c2oc2c(-n4c5cc(C(C)(C)C)ccc5c5ccc(C(C)(C)C)cc54)c(C#N)ccc23)ncc1F.[Ir]. The molecule has 0 amide bonds.